The molecule has 10 aromatic rings. The quantitative estimate of drug-likeness (QED) is 0.171. The predicted octanol–water partition coefficient (Wildman–Crippen LogP) is 13.8. The summed E-state index contributed by atoms with van der Waals surface area (Å²) >= 11 is 0. The average molecular weight is 725 g/mol. The van der Waals surface area contributed by atoms with Crippen molar-refractivity contribution in [1.82, 2.24) is 9.97 Å². The molecule has 2 heteroatoms. The fraction of sp³-hybridized carbons (Fsp3) is 0.0182. The highest BCUT2D eigenvalue weighted by Crippen LogP contribution is 2.60. The van der Waals surface area contributed by atoms with Crippen LogP contribution in [0.5, 0.6) is 0 Å². The van der Waals surface area contributed by atoms with Crippen molar-refractivity contribution in [2.75, 3.05) is 0 Å². The van der Waals surface area contributed by atoms with Gasteiger partial charge in [0, 0.05) is 16.7 Å². The lowest BCUT2D eigenvalue weighted by atomic mass is 9.67. The maximum atomic E-state index is 5.25. The third-order valence-electron chi connectivity index (χ3n) is 11.8. The van der Waals surface area contributed by atoms with Gasteiger partial charge in [-0.25, -0.2) is 9.97 Å². The second-order valence-corrected chi connectivity index (χ2v) is 14.8. The van der Waals surface area contributed by atoms with Gasteiger partial charge in [-0.15, -0.1) is 0 Å². The van der Waals surface area contributed by atoms with Crippen LogP contribution in [0.25, 0.3) is 77.7 Å². The highest BCUT2D eigenvalue weighted by molar-refractivity contribution is 6.12. The van der Waals surface area contributed by atoms with Crippen LogP contribution in [0.3, 0.4) is 0 Å². The largest absolute Gasteiger partial charge is 0.228 e. The van der Waals surface area contributed by atoms with Gasteiger partial charge >= 0.3 is 0 Å². The molecule has 1 aliphatic carbocycles. The Morgan fingerprint density at radius 2 is 0.807 bits per heavy atom. The van der Waals surface area contributed by atoms with Gasteiger partial charge in [0.2, 0.25) is 0 Å². The first-order valence-electron chi connectivity index (χ1n) is 19.6. The lowest BCUT2D eigenvalue weighted by molar-refractivity contribution is 0.769. The third kappa shape index (κ3) is 5.18. The fourth-order valence-corrected chi connectivity index (χ4v) is 9.33. The predicted molar refractivity (Wildman–Crippen MR) is 236 cm³/mol. The Balaban J connectivity index is 1.19. The molecule has 266 valence electrons. The highest BCUT2D eigenvalue weighted by atomic mass is 14.9. The van der Waals surface area contributed by atoms with Crippen molar-refractivity contribution >= 4 is 21.5 Å². The van der Waals surface area contributed by atoms with Gasteiger partial charge in [0.1, 0.15) is 0 Å². The first-order chi connectivity index (χ1) is 28.3. The van der Waals surface area contributed by atoms with E-state index in [1.165, 1.54) is 55.3 Å². The molecule has 1 aromatic heterocycles. The number of rotatable bonds is 6. The zero-order valence-corrected chi connectivity index (χ0v) is 31.2. The standard InChI is InChI=1S/C55H36N2/c1-5-19-38(20-6-1)50-36-51(39-21-7-2-8-22-39)57-54(56-50)47-34-33-45(43-28-15-16-29-44(43)47)46-30-17-31-48-53(46)52-42-27-14-13-18-37(42)32-35-49(52)55(48,40-23-9-3-10-24-40)41-25-11-4-12-26-41/h1-36H. The second kappa shape index (κ2) is 13.4. The molecule has 0 N–H and O–H groups in total. The molecule has 0 spiro atoms. The van der Waals surface area contributed by atoms with Gasteiger partial charge in [0.05, 0.1) is 16.8 Å². The summed E-state index contributed by atoms with van der Waals surface area (Å²) < 4.78 is 0. The molecular formula is C55H36N2. The summed E-state index contributed by atoms with van der Waals surface area (Å²) in [6, 6.07) is 78.8. The smallest absolute Gasteiger partial charge is 0.161 e. The van der Waals surface area contributed by atoms with Crippen LogP contribution < -0.4 is 0 Å². The maximum absolute atomic E-state index is 5.25. The number of nitrogens with zero attached hydrogens (tertiary/aromatic N) is 2. The normalized spacial score (nSPS) is 12.7. The molecule has 0 unspecified atom stereocenters. The van der Waals surface area contributed by atoms with Gasteiger partial charge in [0.15, 0.2) is 5.82 Å². The lowest BCUT2D eigenvalue weighted by Gasteiger charge is -2.34. The van der Waals surface area contributed by atoms with Crippen LogP contribution in [0.1, 0.15) is 22.3 Å². The number of hydrogen-bond acceptors (Lipinski definition) is 2. The molecule has 0 amide bonds. The Hall–Kier alpha value is -7.42. The molecule has 9 aromatic carbocycles. The van der Waals surface area contributed by atoms with Crippen molar-refractivity contribution in [3.8, 4) is 56.2 Å². The summed E-state index contributed by atoms with van der Waals surface area (Å²) in [5, 5.41) is 4.78. The first-order valence-corrected chi connectivity index (χ1v) is 19.6. The Labute approximate surface area is 332 Å². The molecule has 11 rings (SSSR count). The maximum Gasteiger partial charge on any atom is 0.161 e. The molecule has 0 saturated carbocycles. The third-order valence-corrected chi connectivity index (χ3v) is 11.8. The summed E-state index contributed by atoms with van der Waals surface area (Å²) in [5.74, 6) is 0.708. The average Bonchev–Trinajstić information content (AvgIpc) is 3.61. The molecule has 0 saturated heterocycles. The van der Waals surface area contributed by atoms with E-state index in [-0.39, 0.29) is 0 Å². The van der Waals surface area contributed by atoms with Crippen LogP contribution in [0, 0.1) is 0 Å². The lowest BCUT2D eigenvalue weighted by Crippen LogP contribution is -2.28. The van der Waals surface area contributed by atoms with E-state index in [0.29, 0.717) is 5.82 Å². The topological polar surface area (TPSA) is 25.8 Å². The minimum Gasteiger partial charge on any atom is -0.228 e. The van der Waals surface area contributed by atoms with E-state index in [1.807, 2.05) is 12.1 Å². The first kappa shape index (κ1) is 33.0. The van der Waals surface area contributed by atoms with Crippen LogP contribution in [-0.4, -0.2) is 9.97 Å². The summed E-state index contributed by atoms with van der Waals surface area (Å²) in [5.41, 5.74) is 14.5. The van der Waals surface area contributed by atoms with Crippen LogP contribution in [-0.2, 0) is 5.41 Å². The van der Waals surface area contributed by atoms with Crippen molar-refractivity contribution < 1.29 is 0 Å². The molecule has 1 heterocycles. The zero-order chi connectivity index (χ0) is 37.8. The van der Waals surface area contributed by atoms with Crippen molar-refractivity contribution in [3.05, 3.63) is 241 Å². The molecule has 0 aliphatic heterocycles. The van der Waals surface area contributed by atoms with Gasteiger partial charge in [-0.05, 0) is 78.2 Å². The molecule has 57 heavy (non-hydrogen) atoms. The monoisotopic (exact) mass is 724 g/mol. The molecule has 2 nitrogen and oxygen atoms in total. The minimum absolute atomic E-state index is 0.511. The van der Waals surface area contributed by atoms with E-state index in [9.17, 15) is 0 Å². The molecule has 0 bridgehead atoms. The van der Waals surface area contributed by atoms with Gasteiger partial charge in [-0.1, -0.05) is 206 Å². The van der Waals surface area contributed by atoms with E-state index in [4.69, 9.17) is 9.97 Å². The summed E-state index contributed by atoms with van der Waals surface area (Å²) in [4.78, 5) is 10.5. The van der Waals surface area contributed by atoms with E-state index >= 15 is 0 Å². The Bertz CT molecular complexity index is 3000. The number of aromatic nitrogens is 2. The van der Waals surface area contributed by atoms with E-state index < -0.39 is 5.41 Å². The number of fused-ring (bicyclic) bond motifs is 6. The van der Waals surface area contributed by atoms with Gasteiger partial charge < -0.3 is 0 Å². The van der Waals surface area contributed by atoms with Crippen molar-refractivity contribution in [1.29, 1.82) is 0 Å². The van der Waals surface area contributed by atoms with Gasteiger partial charge in [-0.2, -0.15) is 0 Å². The van der Waals surface area contributed by atoms with Crippen LogP contribution in [0.15, 0.2) is 218 Å². The minimum atomic E-state index is -0.511. The Morgan fingerprint density at radius 3 is 1.42 bits per heavy atom. The zero-order valence-electron chi connectivity index (χ0n) is 31.2. The van der Waals surface area contributed by atoms with Crippen molar-refractivity contribution in [3.63, 3.8) is 0 Å². The van der Waals surface area contributed by atoms with E-state index in [0.717, 1.165) is 38.9 Å². The molecular weight excluding hydrogens is 689 g/mol. The Kier molecular flexibility index (Phi) is 7.75. The van der Waals surface area contributed by atoms with Crippen LogP contribution >= 0.6 is 0 Å². The summed E-state index contributed by atoms with van der Waals surface area (Å²) in [6.45, 7) is 0. The van der Waals surface area contributed by atoms with Crippen molar-refractivity contribution in [2.45, 2.75) is 5.41 Å². The van der Waals surface area contributed by atoms with Crippen molar-refractivity contribution in [2.24, 2.45) is 0 Å². The van der Waals surface area contributed by atoms with Crippen LogP contribution in [0.2, 0.25) is 0 Å². The SMILES string of the molecule is c1ccc(-c2cc(-c3ccccc3)nc(-c3ccc(-c4cccc5c4-c4c(ccc6ccccc46)C5(c4ccccc4)c4ccccc4)c4ccccc34)n2)cc1. The number of benzene rings is 9. The molecule has 0 radical (unpaired) electrons. The molecule has 0 fully saturated rings. The van der Waals surface area contributed by atoms with Gasteiger partial charge in [0.25, 0.3) is 0 Å². The second-order valence-electron chi connectivity index (χ2n) is 14.8. The van der Waals surface area contributed by atoms with E-state index in [1.54, 1.807) is 0 Å². The summed E-state index contributed by atoms with van der Waals surface area (Å²) in [6.07, 6.45) is 0. The van der Waals surface area contributed by atoms with E-state index in [2.05, 4.69) is 206 Å². The number of hydrogen-bond donors (Lipinski definition) is 0. The van der Waals surface area contributed by atoms with Crippen LogP contribution in [0.4, 0.5) is 0 Å². The van der Waals surface area contributed by atoms with Gasteiger partial charge in [-0.3, -0.25) is 0 Å². The molecule has 1 aliphatic rings. The Morgan fingerprint density at radius 1 is 0.316 bits per heavy atom. The highest BCUT2D eigenvalue weighted by Gasteiger charge is 2.47. The molecule has 0 atom stereocenters. The summed E-state index contributed by atoms with van der Waals surface area (Å²) in [7, 11) is 0. The fourth-order valence-electron chi connectivity index (χ4n) is 9.33.